The molecule has 0 saturated carbocycles. The minimum Gasteiger partial charge on any atom is -0.465 e. The Morgan fingerprint density at radius 2 is 1.89 bits per heavy atom. The van der Waals surface area contributed by atoms with Gasteiger partial charge in [0.15, 0.2) is 0 Å². The molecule has 0 bridgehead atoms. The van der Waals surface area contributed by atoms with Gasteiger partial charge in [0.25, 0.3) is 0 Å². The number of nitrogens with zero attached hydrogens (tertiary/aromatic N) is 3. The maximum Gasteiger partial charge on any atom is 0.243 e. The first-order valence-corrected chi connectivity index (χ1v) is 10.5. The molecule has 9 heteroatoms. The van der Waals surface area contributed by atoms with Crippen LogP contribution in [0.4, 0.5) is 4.39 Å². The molecule has 0 unspecified atom stereocenters. The highest BCUT2D eigenvalue weighted by molar-refractivity contribution is 7.89. The quantitative estimate of drug-likeness (QED) is 0.726. The highest BCUT2D eigenvalue weighted by atomic mass is 32.2. The van der Waals surface area contributed by atoms with Gasteiger partial charge in [-0.15, -0.1) is 0 Å². The van der Waals surface area contributed by atoms with Crippen LogP contribution in [-0.2, 0) is 21.4 Å². The molecule has 152 valence electrons. The number of sulfonamides is 1. The predicted octanol–water partition coefficient (Wildman–Crippen LogP) is 1.69. The van der Waals surface area contributed by atoms with Gasteiger partial charge in [0.1, 0.15) is 17.3 Å². The van der Waals surface area contributed by atoms with Crippen molar-refractivity contribution in [1.29, 1.82) is 0 Å². The number of carbonyl (C=O) groups excluding carboxylic acids is 1. The third kappa shape index (κ3) is 4.78. The Balaban J connectivity index is 1.53. The van der Waals surface area contributed by atoms with Gasteiger partial charge < -0.3 is 9.32 Å². The standard InChI is InChI=1S/C19H24FN3O4S/c1-15-6-7-17(27-15)13-21(2)14-19(24)22-8-10-23(11-9-22)28(25,26)18-5-3-4-16(20)12-18/h3-7,12H,8-11,13-14H2,1-2H3. The van der Waals surface area contributed by atoms with E-state index in [2.05, 4.69) is 0 Å². The van der Waals surface area contributed by atoms with E-state index in [0.717, 1.165) is 17.6 Å². The number of benzene rings is 1. The summed E-state index contributed by atoms with van der Waals surface area (Å²) in [6, 6.07) is 8.73. The fraction of sp³-hybridized carbons (Fsp3) is 0.421. The van der Waals surface area contributed by atoms with Crippen molar-refractivity contribution in [3.8, 4) is 0 Å². The van der Waals surface area contributed by atoms with Crippen LogP contribution in [0.5, 0.6) is 0 Å². The molecule has 0 atom stereocenters. The van der Waals surface area contributed by atoms with Crippen LogP contribution in [0.3, 0.4) is 0 Å². The molecule has 1 aromatic heterocycles. The number of piperazine rings is 1. The van der Waals surface area contributed by atoms with Crippen molar-refractivity contribution in [2.75, 3.05) is 39.8 Å². The van der Waals surface area contributed by atoms with Crippen molar-refractivity contribution in [2.45, 2.75) is 18.4 Å². The van der Waals surface area contributed by atoms with E-state index < -0.39 is 15.8 Å². The molecule has 3 rings (SSSR count). The van der Waals surface area contributed by atoms with E-state index in [1.54, 1.807) is 4.90 Å². The molecule has 1 aliphatic rings. The van der Waals surface area contributed by atoms with Crippen molar-refractivity contribution < 1.29 is 22.0 Å². The molecule has 1 fully saturated rings. The van der Waals surface area contributed by atoms with Crippen LogP contribution in [0.15, 0.2) is 45.7 Å². The summed E-state index contributed by atoms with van der Waals surface area (Å²) in [7, 11) is -1.93. The van der Waals surface area contributed by atoms with Crippen LogP contribution in [0, 0.1) is 12.7 Å². The highest BCUT2D eigenvalue weighted by Gasteiger charge is 2.30. The average molecular weight is 409 g/mol. The van der Waals surface area contributed by atoms with Gasteiger partial charge in [-0.05, 0) is 44.3 Å². The number of rotatable bonds is 6. The molecular weight excluding hydrogens is 385 g/mol. The van der Waals surface area contributed by atoms with E-state index in [1.807, 2.05) is 31.0 Å². The van der Waals surface area contributed by atoms with Gasteiger partial charge in [-0.3, -0.25) is 9.69 Å². The SMILES string of the molecule is Cc1ccc(CN(C)CC(=O)N2CCN(S(=O)(=O)c3cccc(F)c3)CC2)o1. The van der Waals surface area contributed by atoms with E-state index in [-0.39, 0.29) is 30.4 Å². The number of hydrogen-bond donors (Lipinski definition) is 0. The third-order valence-corrected chi connectivity index (χ3v) is 6.55. The molecule has 2 aromatic rings. The Kier molecular flexibility index (Phi) is 6.17. The van der Waals surface area contributed by atoms with Gasteiger partial charge in [-0.1, -0.05) is 6.07 Å². The van der Waals surface area contributed by atoms with Crippen LogP contribution >= 0.6 is 0 Å². The first-order chi connectivity index (χ1) is 13.3. The van der Waals surface area contributed by atoms with Crippen LogP contribution in [0.25, 0.3) is 0 Å². The van der Waals surface area contributed by atoms with Gasteiger partial charge in [0.2, 0.25) is 15.9 Å². The Morgan fingerprint density at radius 1 is 1.18 bits per heavy atom. The summed E-state index contributed by atoms with van der Waals surface area (Å²) in [5, 5.41) is 0. The molecule has 2 heterocycles. The first-order valence-electron chi connectivity index (χ1n) is 9.03. The average Bonchev–Trinajstić information content (AvgIpc) is 3.06. The van der Waals surface area contributed by atoms with Crippen molar-refractivity contribution in [2.24, 2.45) is 0 Å². The van der Waals surface area contributed by atoms with Crippen LogP contribution < -0.4 is 0 Å². The summed E-state index contributed by atoms with van der Waals surface area (Å²) in [6.07, 6.45) is 0. The number of likely N-dealkylation sites (N-methyl/N-ethyl adjacent to an activating group) is 1. The lowest BCUT2D eigenvalue weighted by molar-refractivity contribution is -0.133. The van der Waals surface area contributed by atoms with Gasteiger partial charge in [0.05, 0.1) is 18.0 Å². The van der Waals surface area contributed by atoms with Crippen molar-refractivity contribution in [3.05, 3.63) is 53.7 Å². The summed E-state index contributed by atoms with van der Waals surface area (Å²) in [5.41, 5.74) is 0. The van der Waals surface area contributed by atoms with Gasteiger partial charge in [-0.25, -0.2) is 12.8 Å². The zero-order valence-corrected chi connectivity index (χ0v) is 16.8. The molecule has 1 aliphatic heterocycles. The van der Waals surface area contributed by atoms with Crippen LogP contribution in [0.1, 0.15) is 11.5 Å². The Labute approximate surface area is 164 Å². The lowest BCUT2D eigenvalue weighted by atomic mass is 10.3. The van der Waals surface area contributed by atoms with Gasteiger partial charge in [-0.2, -0.15) is 4.31 Å². The first kappa shape index (κ1) is 20.5. The lowest BCUT2D eigenvalue weighted by Gasteiger charge is -2.34. The summed E-state index contributed by atoms with van der Waals surface area (Å²) < 4.78 is 45.4. The summed E-state index contributed by atoms with van der Waals surface area (Å²) >= 11 is 0. The molecule has 1 amide bonds. The normalized spacial score (nSPS) is 15.9. The number of hydrogen-bond acceptors (Lipinski definition) is 5. The number of halogens is 1. The summed E-state index contributed by atoms with van der Waals surface area (Å²) in [4.78, 5) is 16.0. The molecular formula is C19H24FN3O4S. The minimum absolute atomic E-state index is 0.0615. The van der Waals surface area contributed by atoms with E-state index in [9.17, 15) is 17.6 Å². The summed E-state index contributed by atoms with van der Waals surface area (Å²) in [6.45, 7) is 3.59. The highest BCUT2D eigenvalue weighted by Crippen LogP contribution is 2.18. The fourth-order valence-electron chi connectivity index (χ4n) is 3.18. The van der Waals surface area contributed by atoms with E-state index in [1.165, 1.54) is 22.5 Å². The molecule has 7 nitrogen and oxygen atoms in total. The Bertz CT molecular complexity index is 936. The smallest absolute Gasteiger partial charge is 0.243 e. The lowest BCUT2D eigenvalue weighted by Crippen LogP contribution is -2.52. The fourth-order valence-corrected chi connectivity index (χ4v) is 4.63. The number of carbonyl (C=O) groups is 1. The maximum absolute atomic E-state index is 13.4. The molecule has 28 heavy (non-hydrogen) atoms. The van der Waals surface area contributed by atoms with E-state index in [0.29, 0.717) is 19.6 Å². The second kappa shape index (κ2) is 8.42. The van der Waals surface area contributed by atoms with Crippen LogP contribution in [-0.4, -0.2) is 68.2 Å². The number of aryl methyl sites for hydroxylation is 1. The van der Waals surface area contributed by atoms with Gasteiger partial charge >= 0.3 is 0 Å². The van der Waals surface area contributed by atoms with E-state index >= 15 is 0 Å². The molecule has 0 spiro atoms. The molecule has 0 N–H and O–H groups in total. The van der Waals surface area contributed by atoms with Gasteiger partial charge in [0, 0.05) is 26.2 Å². The molecule has 0 aliphatic carbocycles. The zero-order chi connectivity index (χ0) is 20.3. The van der Waals surface area contributed by atoms with Crippen molar-refractivity contribution in [1.82, 2.24) is 14.1 Å². The van der Waals surface area contributed by atoms with Crippen molar-refractivity contribution >= 4 is 15.9 Å². The molecule has 1 aromatic carbocycles. The minimum atomic E-state index is -3.76. The molecule has 1 saturated heterocycles. The number of furan rings is 1. The largest absolute Gasteiger partial charge is 0.465 e. The Hall–Kier alpha value is -2.23. The monoisotopic (exact) mass is 409 g/mol. The van der Waals surface area contributed by atoms with Crippen LogP contribution in [0.2, 0.25) is 0 Å². The second-order valence-electron chi connectivity index (χ2n) is 6.93. The predicted molar refractivity (Wildman–Crippen MR) is 102 cm³/mol. The van der Waals surface area contributed by atoms with E-state index in [4.69, 9.17) is 4.42 Å². The number of amides is 1. The Morgan fingerprint density at radius 3 is 2.50 bits per heavy atom. The van der Waals surface area contributed by atoms with Crippen molar-refractivity contribution in [3.63, 3.8) is 0 Å². The third-order valence-electron chi connectivity index (χ3n) is 4.65. The maximum atomic E-state index is 13.4. The topological polar surface area (TPSA) is 74.1 Å². The molecule has 0 radical (unpaired) electrons. The second-order valence-corrected chi connectivity index (χ2v) is 8.86. The zero-order valence-electron chi connectivity index (χ0n) is 16.0. The summed E-state index contributed by atoms with van der Waals surface area (Å²) in [5.74, 6) is 0.961.